The molecule has 1 aliphatic carbocycles. The minimum Gasteiger partial charge on any atom is -0.483 e. The first-order valence-corrected chi connectivity index (χ1v) is 19.7. The van der Waals surface area contributed by atoms with Crippen molar-refractivity contribution in [2.45, 2.75) is 70.7 Å². The summed E-state index contributed by atoms with van der Waals surface area (Å²) in [7, 11) is 0. The fraction of sp³-hybridized carbons (Fsp3) is 0.386. The van der Waals surface area contributed by atoms with Crippen molar-refractivity contribution in [3.05, 3.63) is 108 Å². The van der Waals surface area contributed by atoms with Crippen molar-refractivity contribution in [1.82, 2.24) is 20.9 Å². The van der Waals surface area contributed by atoms with Crippen LogP contribution in [-0.4, -0.2) is 91.5 Å². The van der Waals surface area contributed by atoms with E-state index < -0.39 is 0 Å². The zero-order valence-corrected chi connectivity index (χ0v) is 32.6. The van der Waals surface area contributed by atoms with Crippen LogP contribution < -0.4 is 30.2 Å². The standard InChI is InChI=1S/C16H17N3O.C16H22N2O.C12H15N3O2/c1-12(16-18-9-10-19-16)20-15-7-3-2-6-14(15)13-5-4-8-17-11-13;1-12(16-17-10-11-18-16)19-15-9-5-4-8-14(15)13-6-2-3-7-13;1-9(12-13-6-7-14-12)17-11-5-3-2-4-10(11)8-15-16/h2-8,11-12H,9-10H2,1H3,(H,18,19);4-5,8-9,12-13H,2-3,6-7,10-11H2,1H3,(H,17,18);2-5,8-9,16H,6-7H2,1H3,(H,13,14)/b;;15-8+. The van der Waals surface area contributed by atoms with Crippen LogP contribution in [0.4, 0.5) is 0 Å². The number of benzene rings is 3. The van der Waals surface area contributed by atoms with Crippen LogP contribution in [0.5, 0.6) is 17.2 Å². The van der Waals surface area contributed by atoms with Gasteiger partial charge in [0.25, 0.3) is 0 Å². The third-order valence-corrected chi connectivity index (χ3v) is 9.86. The number of aliphatic imine (C=N–C) groups is 3. The lowest BCUT2D eigenvalue weighted by Crippen LogP contribution is -2.33. The van der Waals surface area contributed by atoms with E-state index in [2.05, 4.69) is 72.3 Å². The van der Waals surface area contributed by atoms with Crippen LogP contribution in [0.15, 0.2) is 117 Å². The van der Waals surface area contributed by atoms with Gasteiger partial charge in [-0.05, 0) is 75.4 Å². The lowest BCUT2D eigenvalue weighted by atomic mass is 9.97. The van der Waals surface area contributed by atoms with Gasteiger partial charge in [0.05, 0.1) is 25.8 Å². The zero-order valence-electron chi connectivity index (χ0n) is 32.6. The predicted octanol–water partition coefficient (Wildman–Crippen LogP) is 6.89. The number of hydrogen-bond acceptors (Lipinski definition) is 12. The van der Waals surface area contributed by atoms with Gasteiger partial charge in [-0.15, -0.1) is 0 Å². The lowest BCUT2D eigenvalue weighted by molar-refractivity contribution is 0.279. The summed E-state index contributed by atoms with van der Waals surface area (Å²) in [4.78, 5) is 17.3. The maximum atomic E-state index is 8.57. The minimum atomic E-state index is -0.134. The highest BCUT2D eigenvalue weighted by Gasteiger charge is 2.23. The first-order valence-electron chi connectivity index (χ1n) is 19.7. The number of ether oxygens (including phenoxy) is 3. The molecule has 0 bridgehead atoms. The Bertz CT molecular complexity index is 1960. The monoisotopic (exact) mass is 758 g/mol. The fourth-order valence-corrected chi connectivity index (χ4v) is 7.05. The first-order chi connectivity index (χ1) is 27.5. The normalized spacial score (nSPS) is 17.7. The number of oxime groups is 1. The largest absolute Gasteiger partial charge is 0.483 e. The smallest absolute Gasteiger partial charge is 0.152 e. The molecule has 1 aromatic heterocycles. The number of amidine groups is 3. The Balaban J connectivity index is 0.000000143. The second-order valence-corrected chi connectivity index (χ2v) is 13.9. The van der Waals surface area contributed by atoms with Crippen molar-refractivity contribution in [3.63, 3.8) is 0 Å². The van der Waals surface area contributed by atoms with Crippen molar-refractivity contribution in [3.8, 4) is 28.4 Å². The van der Waals surface area contributed by atoms with Gasteiger partial charge in [-0.3, -0.25) is 20.0 Å². The first kappa shape index (κ1) is 39.8. The molecule has 56 heavy (non-hydrogen) atoms. The van der Waals surface area contributed by atoms with Gasteiger partial charge in [0.1, 0.15) is 34.8 Å². The Morgan fingerprint density at radius 1 is 0.643 bits per heavy atom. The molecule has 4 aliphatic rings. The Labute approximate surface area is 330 Å². The molecule has 4 N–H and O–H groups in total. The van der Waals surface area contributed by atoms with Gasteiger partial charge in [0, 0.05) is 48.7 Å². The van der Waals surface area contributed by atoms with Crippen molar-refractivity contribution in [2.75, 3.05) is 39.3 Å². The second-order valence-electron chi connectivity index (χ2n) is 13.9. The maximum Gasteiger partial charge on any atom is 0.152 e. The molecule has 0 amide bonds. The number of nitrogens with zero attached hydrogens (tertiary/aromatic N) is 5. The summed E-state index contributed by atoms with van der Waals surface area (Å²) in [6.07, 6.45) is 10.1. The summed E-state index contributed by atoms with van der Waals surface area (Å²) < 4.78 is 18.0. The Hall–Kier alpha value is -5.91. The summed E-state index contributed by atoms with van der Waals surface area (Å²) in [5.74, 6) is 6.02. The average molecular weight is 759 g/mol. The van der Waals surface area contributed by atoms with E-state index in [1.165, 1.54) is 37.5 Å². The average Bonchev–Trinajstić information content (AvgIpc) is 4.09. The molecule has 1 fully saturated rings. The van der Waals surface area contributed by atoms with Gasteiger partial charge < -0.3 is 35.4 Å². The zero-order chi connectivity index (χ0) is 39.0. The number of para-hydroxylation sites is 3. The SMILES string of the molecule is CC(Oc1ccccc1-c1cccnc1)C1=NCCN1.CC(Oc1ccccc1/C=N/O)C1=NCCN1.CC(Oc1ccccc1C1CCCC1)C1=NCCN1. The molecule has 3 aromatic carbocycles. The van der Waals surface area contributed by atoms with Crippen LogP contribution in [0.25, 0.3) is 11.1 Å². The number of nitrogens with one attached hydrogen (secondary N) is 3. The van der Waals surface area contributed by atoms with Crippen LogP contribution >= 0.6 is 0 Å². The van der Waals surface area contributed by atoms with Crippen LogP contribution in [0.3, 0.4) is 0 Å². The molecule has 0 spiro atoms. The number of hydrogen-bond donors (Lipinski definition) is 4. The number of pyridine rings is 1. The van der Waals surface area contributed by atoms with Gasteiger partial charge in [-0.25, -0.2) is 0 Å². The molecular weight excluding hydrogens is 705 g/mol. The van der Waals surface area contributed by atoms with Gasteiger partial charge in [0.15, 0.2) is 18.3 Å². The van der Waals surface area contributed by atoms with Crippen molar-refractivity contribution >= 4 is 23.7 Å². The van der Waals surface area contributed by atoms with E-state index in [9.17, 15) is 0 Å². The lowest BCUT2D eigenvalue weighted by Gasteiger charge is -2.20. The molecule has 8 rings (SSSR count). The van der Waals surface area contributed by atoms with Crippen molar-refractivity contribution < 1.29 is 19.4 Å². The Kier molecular flexibility index (Phi) is 14.7. The summed E-state index contributed by atoms with van der Waals surface area (Å²) in [6, 6.07) is 27.9. The molecule has 0 saturated heterocycles. The summed E-state index contributed by atoms with van der Waals surface area (Å²) in [5.41, 5.74) is 4.22. The van der Waals surface area contributed by atoms with Crippen molar-refractivity contribution in [1.29, 1.82) is 0 Å². The predicted molar refractivity (Wildman–Crippen MR) is 224 cm³/mol. The molecule has 294 valence electrons. The van der Waals surface area contributed by atoms with Gasteiger partial charge >= 0.3 is 0 Å². The van der Waals surface area contributed by atoms with Gasteiger partial charge in [-0.2, -0.15) is 0 Å². The molecular formula is C44H54N8O4. The van der Waals surface area contributed by atoms with E-state index in [0.29, 0.717) is 11.7 Å². The quantitative estimate of drug-likeness (QED) is 0.0694. The molecule has 3 aliphatic heterocycles. The van der Waals surface area contributed by atoms with Crippen LogP contribution in [0.1, 0.15) is 63.5 Å². The molecule has 0 radical (unpaired) electrons. The molecule has 12 heteroatoms. The molecule has 12 nitrogen and oxygen atoms in total. The Morgan fingerprint density at radius 3 is 1.71 bits per heavy atom. The van der Waals surface area contributed by atoms with E-state index in [0.717, 1.165) is 85.0 Å². The van der Waals surface area contributed by atoms with Crippen LogP contribution in [-0.2, 0) is 0 Å². The number of aromatic nitrogens is 1. The summed E-state index contributed by atoms with van der Waals surface area (Å²) >= 11 is 0. The maximum absolute atomic E-state index is 8.57. The minimum absolute atomic E-state index is 0.0186. The molecule has 4 aromatic rings. The van der Waals surface area contributed by atoms with E-state index >= 15 is 0 Å². The highest BCUT2D eigenvalue weighted by atomic mass is 16.5. The van der Waals surface area contributed by atoms with E-state index in [1.807, 2.05) is 80.7 Å². The molecule has 3 atom stereocenters. The highest BCUT2D eigenvalue weighted by Crippen LogP contribution is 2.39. The molecule has 4 heterocycles. The topological polar surface area (TPSA) is 146 Å². The highest BCUT2D eigenvalue weighted by molar-refractivity contribution is 5.89. The second kappa shape index (κ2) is 20.7. The third kappa shape index (κ3) is 11.1. The van der Waals surface area contributed by atoms with Crippen molar-refractivity contribution in [2.24, 2.45) is 20.1 Å². The summed E-state index contributed by atoms with van der Waals surface area (Å²) in [5, 5.41) is 21.3. The van der Waals surface area contributed by atoms with Gasteiger partial charge in [-0.1, -0.05) is 72.6 Å². The summed E-state index contributed by atoms with van der Waals surface area (Å²) in [6.45, 7) is 11.2. The van der Waals surface area contributed by atoms with E-state index in [1.54, 1.807) is 6.20 Å². The molecule has 3 unspecified atom stereocenters. The van der Waals surface area contributed by atoms with Crippen LogP contribution in [0.2, 0.25) is 0 Å². The van der Waals surface area contributed by atoms with E-state index in [-0.39, 0.29) is 18.3 Å². The molecule has 1 saturated carbocycles. The fourth-order valence-electron chi connectivity index (χ4n) is 7.05. The number of rotatable bonds is 12. The van der Waals surface area contributed by atoms with Crippen LogP contribution in [0, 0.1) is 0 Å². The Morgan fingerprint density at radius 2 is 1.16 bits per heavy atom. The third-order valence-electron chi connectivity index (χ3n) is 9.86. The van der Waals surface area contributed by atoms with E-state index in [4.69, 9.17) is 19.4 Å². The van der Waals surface area contributed by atoms with Gasteiger partial charge in [0.2, 0.25) is 0 Å².